The summed E-state index contributed by atoms with van der Waals surface area (Å²) in [5.74, 6) is 1.10. The van der Waals surface area contributed by atoms with Gasteiger partial charge in [0.25, 0.3) is 0 Å². The summed E-state index contributed by atoms with van der Waals surface area (Å²) in [6.45, 7) is 7.63. The van der Waals surface area contributed by atoms with E-state index in [0.717, 1.165) is 30.7 Å². The van der Waals surface area contributed by atoms with Gasteiger partial charge in [0.15, 0.2) is 0 Å². The van der Waals surface area contributed by atoms with Gasteiger partial charge in [-0.15, -0.1) is 0 Å². The molecule has 0 bridgehead atoms. The van der Waals surface area contributed by atoms with E-state index in [-0.39, 0.29) is 0 Å². The second kappa shape index (κ2) is 6.05. The van der Waals surface area contributed by atoms with Crippen molar-refractivity contribution in [2.45, 2.75) is 46.1 Å². The Balaban J connectivity index is 1.98. The van der Waals surface area contributed by atoms with Gasteiger partial charge in [-0.2, -0.15) is 0 Å². The largest absolute Gasteiger partial charge is 0.461 e. The molecule has 2 heteroatoms. The topological polar surface area (TPSA) is 25.2 Å². The van der Waals surface area contributed by atoms with Crippen LogP contribution < -0.4 is 5.32 Å². The molecule has 2 rings (SSSR count). The normalized spacial score (nSPS) is 13.1. The minimum absolute atomic E-state index is 0.555. The fourth-order valence-electron chi connectivity index (χ4n) is 2.24. The molecule has 0 saturated heterocycles. The highest BCUT2D eigenvalue weighted by Gasteiger charge is 2.07. The zero-order chi connectivity index (χ0) is 13.0. The third-order valence-electron chi connectivity index (χ3n) is 3.36. The van der Waals surface area contributed by atoms with Crippen LogP contribution in [0, 0.1) is 6.92 Å². The number of nitrogens with one attached hydrogen (secondary N) is 1. The van der Waals surface area contributed by atoms with Gasteiger partial charge in [-0.3, -0.25) is 0 Å². The Labute approximate surface area is 109 Å². The molecule has 0 radical (unpaired) electrons. The van der Waals surface area contributed by atoms with Crippen molar-refractivity contribution in [2.75, 3.05) is 6.54 Å². The number of para-hydroxylation sites is 1. The van der Waals surface area contributed by atoms with Crippen LogP contribution in [-0.4, -0.2) is 12.6 Å². The summed E-state index contributed by atoms with van der Waals surface area (Å²) in [5.41, 5.74) is 2.26. The number of aryl methyl sites for hydroxylation is 2. The van der Waals surface area contributed by atoms with E-state index in [4.69, 9.17) is 4.42 Å². The lowest BCUT2D eigenvalue weighted by Gasteiger charge is -2.11. The van der Waals surface area contributed by atoms with Gasteiger partial charge < -0.3 is 9.73 Å². The standard InChI is InChI=1S/C16H23NO/c1-4-10-17-13(3)8-9-15-11-14-7-5-6-12(2)16(14)18-15/h5-7,11,13,17H,4,8-10H2,1-3H3. The summed E-state index contributed by atoms with van der Waals surface area (Å²) >= 11 is 0. The summed E-state index contributed by atoms with van der Waals surface area (Å²) in [7, 11) is 0. The molecule has 18 heavy (non-hydrogen) atoms. The Morgan fingerprint density at radius 2 is 2.17 bits per heavy atom. The second-order valence-electron chi connectivity index (χ2n) is 5.10. The number of hydrogen-bond acceptors (Lipinski definition) is 2. The maximum Gasteiger partial charge on any atom is 0.137 e. The van der Waals surface area contributed by atoms with E-state index >= 15 is 0 Å². The van der Waals surface area contributed by atoms with Crippen LogP contribution in [0.25, 0.3) is 11.0 Å². The Morgan fingerprint density at radius 3 is 2.89 bits per heavy atom. The summed E-state index contributed by atoms with van der Waals surface area (Å²) in [6.07, 6.45) is 3.32. The highest BCUT2D eigenvalue weighted by Crippen LogP contribution is 2.23. The summed E-state index contributed by atoms with van der Waals surface area (Å²) in [4.78, 5) is 0. The molecule has 1 aromatic carbocycles. The Morgan fingerprint density at radius 1 is 1.33 bits per heavy atom. The van der Waals surface area contributed by atoms with Gasteiger partial charge >= 0.3 is 0 Å². The second-order valence-corrected chi connectivity index (χ2v) is 5.10. The fraction of sp³-hybridized carbons (Fsp3) is 0.500. The van der Waals surface area contributed by atoms with Gasteiger partial charge in [0.2, 0.25) is 0 Å². The first-order valence-electron chi connectivity index (χ1n) is 6.92. The molecule has 1 atom stereocenters. The Hall–Kier alpha value is -1.28. The maximum absolute atomic E-state index is 5.93. The molecule has 0 saturated carbocycles. The van der Waals surface area contributed by atoms with Gasteiger partial charge in [0.05, 0.1) is 0 Å². The van der Waals surface area contributed by atoms with E-state index in [2.05, 4.69) is 50.4 Å². The van der Waals surface area contributed by atoms with Crippen molar-refractivity contribution in [2.24, 2.45) is 0 Å². The van der Waals surface area contributed by atoms with Crippen LogP contribution in [0.5, 0.6) is 0 Å². The number of furan rings is 1. The molecule has 2 nitrogen and oxygen atoms in total. The lowest BCUT2D eigenvalue weighted by atomic mass is 10.1. The Bertz CT molecular complexity index is 501. The predicted molar refractivity (Wildman–Crippen MR) is 77.0 cm³/mol. The van der Waals surface area contributed by atoms with Crippen LogP contribution in [0.4, 0.5) is 0 Å². The molecule has 1 N–H and O–H groups in total. The average Bonchev–Trinajstić information content (AvgIpc) is 2.78. The number of hydrogen-bond donors (Lipinski definition) is 1. The highest BCUT2D eigenvalue weighted by molar-refractivity contribution is 5.80. The van der Waals surface area contributed by atoms with Crippen molar-refractivity contribution < 1.29 is 4.42 Å². The summed E-state index contributed by atoms with van der Waals surface area (Å²) in [5, 5.41) is 4.73. The first-order valence-corrected chi connectivity index (χ1v) is 6.92. The minimum Gasteiger partial charge on any atom is -0.461 e. The first-order chi connectivity index (χ1) is 8.70. The third kappa shape index (κ3) is 3.14. The van der Waals surface area contributed by atoms with Crippen molar-refractivity contribution in [1.82, 2.24) is 5.32 Å². The van der Waals surface area contributed by atoms with Gasteiger partial charge in [-0.1, -0.05) is 25.1 Å². The number of fused-ring (bicyclic) bond motifs is 1. The fourth-order valence-corrected chi connectivity index (χ4v) is 2.24. The molecule has 2 aromatic rings. The van der Waals surface area contributed by atoms with E-state index in [0.29, 0.717) is 6.04 Å². The SMILES string of the molecule is CCCNC(C)CCc1cc2cccc(C)c2o1. The molecule has 0 aliphatic heterocycles. The summed E-state index contributed by atoms with van der Waals surface area (Å²) < 4.78 is 5.93. The van der Waals surface area contributed by atoms with Gasteiger partial charge in [-0.05, 0) is 44.9 Å². The van der Waals surface area contributed by atoms with E-state index in [1.165, 1.54) is 17.4 Å². The average molecular weight is 245 g/mol. The predicted octanol–water partition coefficient (Wildman–Crippen LogP) is 4.06. The van der Waals surface area contributed by atoms with Crippen LogP contribution in [0.2, 0.25) is 0 Å². The molecule has 1 aromatic heterocycles. The van der Waals surface area contributed by atoms with Crippen molar-refractivity contribution in [3.05, 3.63) is 35.6 Å². The molecular weight excluding hydrogens is 222 g/mol. The third-order valence-corrected chi connectivity index (χ3v) is 3.36. The minimum atomic E-state index is 0.555. The van der Waals surface area contributed by atoms with Gasteiger partial charge in [-0.25, -0.2) is 0 Å². The van der Waals surface area contributed by atoms with Crippen LogP contribution in [0.15, 0.2) is 28.7 Å². The van der Waals surface area contributed by atoms with Gasteiger partial charge in [0.1, 0.15) is 11.3 Å². The van der Waals surface area contributed by atoms with Crippen molar-refractivity contribution in [3.8, 4) is 0 Å². The molecule has 1 heterocycles. The molecule has 0 aliphatic carbocycles. The molecule has 1 unspecified atom stereocenters. The smallest absolute Gasteiger partial charge is 0.137 e. The molecule has 0 amide bonds. The van der Waals surface area contributed by atoms with Crippen molar-refractivity contribution in [1.29, 1.82) is 0 Å². The van der Waals surface area contributed by atoms with E-state index in [9.17, 15) is 0 Å². The molecular formula is C16H23NO. The van der Waals surface area contributed by atoms with Crippen LogP contribution in [0.1, 0.15) is 38.0 Å². The molecule has 0 fully saturated rings. The Kier molecular flexibility index (Phi) is 4.43. The highest BCUT2D eigenvalue weighted by atomic mass is 16.3. The van der Waals surface area contributed by atoms with Crippen molar-refractivity contribution in [3.63, 3.8) is 0 Å². The van der Waals surface area contributed by atoms with Gasteiger partial charge in [0, 0.05) is 17.8 Å². The summed E-state index contributed by atoms with van der Waals surface area (Å²) in [6, 6.07) is 9.03. The zero-order valence-corrected chi connectivity index (χ0v) is 11.6. The lowest BCUT2D eigenvalue weighted by Crippen LogP contribution is -2.26. The van der Waals surface area contributed by atoms with E-state index in [1.807, 2.05) is 0 Å². The van der Waals surface area contributed by atoms with Crippen molar-refractivity contribution >= 4 is 11.0 Å². The van der Waals surface area contributed by atoms with Crippen LogP contribution >= 0.6 is 0 Å². The van der Waals surface area contributed by atoms with Crippen LogP contribution in [-0.2, 0) is 6.42 Å². The molecule has 0 aliphatic rings. The number of rotatable bonds is 6. The van der Waals surface area contributed by atoms with E-state index in [1.54, 1.807) is 0 Å². The first kappa shape index (κ1) is 13.2. The molecule has 98 valence electrons. The number of benzene rings is 1. The van der Waals surface area contributed by atoms with E-state index < -0.39 is 0 Å². The van der Waals surface area contributed by atoms with Crippen LogP contribution in [0.3, 0.4) is 0 Å². The quantitative estimate of drug-likeness (QED) is 0.830. The maximum atomic E-state index is 5.93. The molecule has 0 spiro atoms. The zero-order valence-electron chi connectivity index (χ0n) is 11.6. The lowest BCUT2D eigenvalue weighted by molar-refractivity contribution is 0.475. The monoisotopic (exact) mass is 245 g/mol.